The van der Waals surface area contributed by atoms with Crippen LogP contribution in [0.4, 0.5) is 0 Å². The number of hydrogen-bond acceptors (Lipinski definition) is 3. The van der Waals surface area contributed by atoms with Crippen LogP contribution >= 0.6 is 0 Å². The van der Waals surface area contributed by atoms with Crippen molar-refractivity contribution in [2.45, 2.75) is 32.2 Å². The lowest BCUT2D eigenvalue weighted by molar-refractivity contribution is -0.134. The van der Waals surface area contributed by atoms with Crippen LogP contribution in [-0.2, 0) is 18.4 Å². The highest BCUT2D eigenvalue weighted by atomic mass is 16.2. The average molecular weight is 262 g/mol. The largest absolute Gasteiger partial charge is 0.348 e. The monoisotopic (exact) mass is 262 g/mol. The van der Waals surface area contributed by atoms with Gasteiger partial charge in [0, 0.05) is 26.0 Å². The molecule has 0 spiro atoms. The summed E-state index contributed by atoms with van der Waals surface area (Å²) in [5.41, 5.74) is -0.163. The van der Waals surface area contributed by atoms with Crippen molar-refractivity contribution in [3.8, 4) is 0 Å². The lowest BCUT2D eigenvalue weighted by Crippen LogP contribution is -2.47. The number of aromatic nitrogens is 2. The summed E-state index contributed by atoms with van der Waals surface area (Å²) in [5, 5.41) is 6.50. The fourth-order valence-electron chi connectivity index (χ4n) is 3.59. The molecule has 0 aromatic carbocycles. The van der Waals surface area contributed by atoms with Crippen LogP contribution < -0.4 is 10.6 Å². The van der Waals surface area contributed by atoms with E-state index in [1.807, 2.05) is 17.8 Å². The minimum Gasteiger partial charge on any atom is -0.348 e. The van der Waals surface area contributed by atoms with Gasteiger partial charge in [0.05, 0.1) is 12.0 Å². The predicted octanol–water partition coefficient (Wildman–Crippen LogP) is 0.816. The highest BCUT2D eigenvalue weighted by Gasteiger charge is 2.49. The summed E-state index contributed by atoms with van der Waals surface area (Å²) < 4.78 is 1.95. The normalized spacial score (nSPS) is 30.1. The van der Waals surface area contributed by atoms with Crippen molar-refractivity contribution in [2.75, 3.05) is 13.1 Å². The van der Waals surface area contributed by atoms with Gasteiger partial charge < -0.3 is 15.2 Å². The Morgan fingerprint density at radius 3 is 3.32 bits per heavy atom. The van der Waals surface area contributed by atoms with Gasteiger partial charge in [-0.25, -0.2) is 4.98 Å². The fraction of sp³-hybridized carbons (Fsp3) is 0.714. The minimum absolute atomic E-state index is 0.163. The van der Waals surface area contributed by atoms with Gasteiger partial charge in [0.15, 0.2) is 0 Å². The van der Waals surface area contributed by atoms with Crippen LogP contribution in [0.3, 0.4) is 0 Å². The van der Waals surface area contributed by atoms with Crippen molar-refractivity contribution in [1.82, 2.24) is 20.2 Å². The molecule has 1 saturated heterocycles. The number of rotatable bonds is 3. The van der Waals surface area contributed by atoms with Gasteiger partial charge in [-0.05, 0) is 25.3 Å². The number of nitrogens with zero attached hydrogens (tertiary/aromatic N) is 2. The van der Waals surface area contributed by atoms with Gasteiger partial charge in [-0.15, -0.1) is 0 Å². The zero-order valence-electron chi connectivity index (χ0n) is 11.5. The van der Waals surface area contributed by atoms with Crippen LogP contribution in [0.25, 0.3) is 0 Å². The van der Waals surface area contributed by atoms with E-state index in [9.17, 15) is 4.79 Å². The molecule has 1 aliphatic carbocycles. The molecule has 1 amide bonds. The van der Waals surface area contributed by atoms with Crippen molar-refractivity contribution >= 4 is 5.91 Å². The standard InChI is InChI=1S/C14H22N4O/c1-18-7-6-16-12(18)9-17-13(19)14-5-3-2-4-11(14)8-15-10-14/h6-7,11,15H,2-5,8-10H2,1H3,(H,17,19)/t11-,14+/m0/s1. The number of aryl methyl sites for hydroxylation is 1. The Morgan fingerprint density at radius 2 is 2.53 bits per heavy atom. The number of nitrogens with one attached hydrogen (secondary N) is 2. The predicted molar refractivity (Wildman–Crippen MR) is 72.3 cm³/mol. The van der Waals surface area contributed by atoms with E-state index in [0.717, 1.165) is 25.3 Å². The number of amides is 1. The molecule has 19 heavy (non-hydrogen) atoms. The number of carbonyl (C=O) groups excluding carboxylic acids is 1. The van der Waals surface area contributed by atoms with Gasteiger partial charge in [-0.1, -0.05) is 12.8 Å². The minimum atomic E-state index is -0.163. The third-order valence-corrected chi connectivity index (χ3v) is 4.82. The van der Waals surface area contributed by atoms with Gasteiger partial charge in [-0.3, -0.25) is 4.79 Å². The van der Waals surface area contributed by atoms with Crippen LogP contribution in [0.15, 0.2) is 12.4 Å². The molecule has 2 atom stereocenters. The lowest BCUT2D eigenvalue weighted by Gasteiger charge is -2.37. The summed E-state index contributed by atoms with van der Waals surface area (Å²) in [6.45, 7) is 2.36. The molecule has 2 N–H and O–H groups in total. The molecule has 5 heteroatoms. The molecule has 0 unspecified atom stereocenters. The van der Waals surface area contributed by atoms with Crippen molar-refractivity contribution in [3.05, 3.63) is 18.2 Å². The molecule has 0 bridgehead atoms. The van der Waals surface area contributed by atoms with Gasteiger partial charge in [0.1, 0.15) is 5.82 Å². The number of carbonyl (C=O) groups is 1. The maximum Gasteiger partial charge on any atom is 0.228 e. The maximum atomic E-state index is 12.6. The SMILES string of the molecule is Cn1ccnc1CNC(=O)[C@@]12CCCC[C@H]1CNC2. The molecular formula is C14H22N4O. The Bertz CT molecular complexity index is 470. The van der Waals surface area contributed by atoms with E-state index in [0.29, 0.717) is 12.5 Å². The van der Waals surface area contributed by atoms with Crippen LogP contribution in [-0.4, -0.2) is 28.5 Å². The summed E-state index contributed by atoms with van der Waals surface area (Å²) in [6.07, 6.45) is 8.31. The third-order valence-electron chi connectivity index (χ3n) is 4.82. The summed E-state index contributed by atoms with van der Waals surface area (Å²) in [7, 11) is 1.95. The van der Waals surface area contributed by atoms with Crippen molar-refractivity contribution in [3.63, 3.8) is 0 Å². The smallest absolute Gasteiger partial charge is 0.228 e. The molecule has 3 rings (SSSR count). The lowest BCUT2D eigenvalue weighted by atomic mass is 9.67. The first-order valence-electron chi connectivity index (χ1n) is 7.17. The average Bonchev–Trinajstić information content (AvgIpc) is 3.02. The zero-order valence-corrected chi connectivity index (χ0v) is 11.5. The molecule has 1 aliphatic heterocycles. The van der Waals surface area contributed by atoms with Crippen LogP contribution in [0.2, 0.25) is 0 Å². The number of imidazole rings is 1. The highest BCUT2D eigenvalue weighted by Crippen LogP contribution is 2.43. The van der Waals surface area contributed by atoms with E-state index in [-0.39, 0.29) is 11.3 Å². The fourth-order valence-corrected chi connectivity index (χ4v) is 3.59. The first-order chi connectivity index (χ1) is 9.22. The van der Waals surface area contributed by atoms with E-state index >= 15 is 0 Å². The Kier molecular flexibility index (Phi) is 3.31. The van der Waals surface area contributed by atoms with Crippen molar-refractivity contribution < 1.29 is 4.79 Å². The van der Waals surface area contributed by atoms with E-state index in [1.54, 1.807) is 6.20 Å². The molecule has 104 valence electrons. The molecule has 2 fully saturated rings. The summed E-state index contributed by atoms with van der Waals surface area (Å²) in [6, 6.07) is 0. The van der Waals surface area contributed by atoms with E-state index in [1.165, 1.54) is 19.3 Å². The zero-order chi connectivity index (χ0) is 13.3. The molecular weight excluding hydrogens is 240 g/mol. The van der Waals surface area contributed by atoms with Gasteiger partial charge >= 0.3 is 0 Å². The quantitative estimate of drug-likeness (QED) is 0.848. The first-order valence-corrected chi connectivity index (χ1v) is 7.17. The molecule has 2 aliphatic rings. The second-order valence-electron chi connectivity index (χ2n) is 5.87. The van der Waals surface area contributed by atoms with Crippen LogP contribution in [0.1, 0.15) is 31.5 Å². The summed E-state index contributed by atoms with van der Waals surface area (Å²) >= 11 is 0. The molecule has 0 radical (unpaired) electrons. The van der Waals surface area contributed by atoms with Crippen molar-refractivity contribution in [2.24, 2.45) is 18.4 Å². The van der Waals surface area contributed by atoms with Gasteiger partial charge in [-0.2, -0.15) is 0 Å². The number of fused-ring (bicyclic) bond motifs is 1. The van der Waals surface area contributed by atoms with Gasteiger partial charge in [0.25, 0.3) is 0 Å². The Labute approximate surface area is 113 Å². The Balaban J connectivity index is 1.67. The van der Waals surface area contributed by atoms with Gasteiger partial charge in [0.2, 0.25) is 5.91 Å². The highest BCUT2D eigenvalue weighted by molar-refractivity contribution is 5.83. The summed E-state index contributed by atoms with van der Waals surface area (Å²) in [5.74, 6) is 1.64. The van der Waals surface area contributed by atoms with E-state index < -0.39 is 0 Å². The molecule has 5 nitrogen and oxygen atoms in total. The Morgan fingerprint density at radius 1 is 1.63 bits per heavy atom. The van der Waals surface area contributed by atoms with Crippen LogP contribution in [0, 0.1) is 11.3 Å². The second kappa shape index (κ2) is 4.96. The summed E-state index contributed by atoms with van der Waals surface area (Å²) in [4.78, 5) is 16.9. The topological polar surface area (TPSA) is 59.0 Å². The van der Waals surface area contributed by atoms with E-state index in [4.69, 9.17) is 0 Å². The maximum absolute atomic E-state index is 12.6. The van der Waals surface area contributed by atoms with Crippen molar-refractivity contribution in [1.29, 1.82) is 0 Å². The molecule has 1 aromatic heterocycles. The first kappa shape index (κ1) is 12.7. The van der Waals surface area contributed by atoms with Crippen LogP contribution in [0.5, 0.6) is 0 Å². The Hall–Kier alpha value is -1.36. The second-order valence-corrected chi connectivity index (χ2v) is 5.87. The third kappa shape index (κ3) is 2.16. The number of hydrogen-bond donors (Lipinski definition) is 2. The molecule has 2 heterocycles. The molecule has 1 aromatic rings. The molecule has 1 saturated carbocycles. The van der Waals surface area contributed by atoms with E-state index in [2.05, 4.69) is 15.6 Å².